The zero-order chi connectivity index (χ0) is 25.9. The molecule has 3 aromatic rings. The van der Waals surface area contributed by atoms with Gasteiger partial charge in [0.05, 0.1) is 12.2 Å². The summed E-state index contributed by atoms with van der Waals surface area (Å²) in [6, 6.07) is 9.52. The van der Waals surface area contributed by atoms with Crippen LogP contribution in [0.4, 0.5) is 9.18 Å². The topological polar surface area (TPSA) is 94.0 Å². The summed E-state index contributed by atoms with van der Waals surface area (Å²) in [6.45, 7) is 1.66. The Morgan fingerprint density at radius 1 is 1.16 bits per heavy atom. The Bertz CT molecular complexity index is 1450. The molecule has 1 saturated heterocycles. The van der Waals surface area contributed by atoms with Crippen LogP contribution in [-0.2, 0) is 39.9 Å². The summed E-state index contributed by atoms with van der Waals surface area (Å²) in [5.74, 6) is -0.909. The molecule has 0 unspecified atom stereocenters. The Balaban J connectivity index is 1.23. The van der Waals surface area contributed by atoms with Gasteiger partial charge in [-0.1, -0.05) is 18.2 Å². The van der Waals surface area contributed by atoms with Crippen molar-refractivity contribution in [3.8, 4) is 16.9 Å². The van der Waals surface area contributed by atoms with Crippen LogP contribution in [0, 0.1) is 5.82 Å². The lowest BCUT2D eigenvalue weighted by Gasteiger charge is -2.27. The first-order valence-electron chi connectivity index (χ1n) is 12.1. The van der Waals surface area contributed by atoms with E-state index in [1.54, 1.807) is 17.8 Å². The molecule has 3 aliphatic rings. The molecule has 1 fully saturated rings. The van der Waals surface area contributed by atoms with E-state index < -0.39 is 35.9 Å². The molecule has 0 saturated carbocycles. The van der Waals surface area contributed by atoms with Crippen molar-refractivity contribution in [3.05, 3.63) is 71.3 Å². The fraction of sp³-hybridized carbons (Fsp3) is 0.333. The van der Waals surface area contributed by atoms with Gasteiger partial charge in [0.25, 0.3) is 5.91 Å². The highest BCUT2D eigenvalue weighted by molar-refractivity contribution is 6.06. The highest BCUT2D eigenvalue weighted by atomic mass is 19.1. The monoisotopic (exact) mass is 504 g/mol. The molecule has 0 N–H and O–H groups in total. The van der Waals surface area contributed by atoms with Crippen LogP contribution in [0.25, 0.3) is 11.1 Å². The van der Waals surface area contributed by atoms with E-state index in [0.717, 1.165) is 21.6 Å². The van der Waals surface area contributed by atoms with Crippen molar-refractivity contribution in [1.82, 2.24) is 19.6 Å². The number of benzene rings is 2. The lowest BCUT2D eigenvalue weighted by Crippen LogP contribution is -2.47. The van der Waals surface area contributed by atoms with Gasteiger partial charge in [-0.05, 0) is 42.7 Å². The zero-order valence-corrected chi connectivity index (χ0v) is 20.4. The minimum atomic E-state index is -1.43. The van der Waals surface area contributed by atoms with Crippen LogP contribution >= 0.6 is 0 Å². The number of carbonyl (C=O) groups excluding carboxylic acids is 3. The second kappa shape index (κ2) is 8.43. The van der Waals surface area contributed by atoms with Crippen molar-refractivity contribution in [2.45, 2.75) is 38.0 Å². The molecule has 1 aromatic heterocycles. The van der Waals surface area contributed by atoms with Crippen molar-refractivity contribution in [2.24, 2.45) is 7.05 Å². The molecule has 2 atom stereocenters. The summed E-state index contributed by atoms with van der Waals surface area (Å²) >= 11 is 0. The second-order valence-corrected chi connectivity index (χ2v) is 9.79. The van der Waals surface area contributed by atoms with E-state index in [1.807, 2.05) is 31.4 Å². The average Bonchev–Trinajstić information content (AvgIpc) is 3.50. The van der Waals surface area contributed by atoms with Crippen LogP contribution in [0.5, 0.6) is 5.75 Å². The average molecular weight is 505 g/mol. The summed E-state index contributed by atoms with van der Waals surface area (Å²) in [5.41, 5.74) is 2.58. The largest absolute Gasteiger partial charge is 0.491 e. The lowest BCUT2D eigenvalue weighted by atomic mass is 9.93. The maximum Gasteiger partial charge on any atom is 0.418 e. The van der Waals surface area contributed by atoms with Gasteiger partial charge >= 0.3 is 6.09 Å². The molecule has 6 rings (SSSR count). The van der Waals surface area contributed by atoms with Crippen molar-refractivity contribution in [3.63, 3.8) is 0 Å². The van der Waals surface area contributed by atoms with Crippen molar-refractivity contribution in [2.75, 3.05) is 13.2 Å². The summed E-state index contributed by atoms with van der Waals surface area (Å²) in [5, 5.41) is 4.21. The van der Waals surface area contributed by atoms with Gasteiger partial charge in [0.1, 0.15) is 24.7 Å². The Morgan fingerprint density at radius 2 is 2.00 bits per heavy atom. The number of aryl methyl sites for hydroxylation is 2. The maximum atomic E-state index is 13.8. The van der Waals surface area contributed by atoms with Gasteiger partial charge in [-0.15, -0.1) is 0 Å². The number of hydrogen-bond donors (Lipinski definition) is 0. The number of halogens is 1. The Morgan fingerprint density at radius 3 is 2.78 bits per heavy atom. The van der Waals surface area contributed by atoms with Gasteiger partial charge in [0.15, 0.2) is 0 Å². The molecule has 3 heterocycles. The van der Waals surface area contributed by atoms with Crippen LogP contribution in [0.1, 0.15) is 30.0 Å². The predicted octanol–water partition coefficient (Wildman–Crippen LogP) is 3.16. The van der Waals surface area contributed by atoms with E-state index in [9.17, 15) is 18.8 Å². The molecule has 190 valence electrons. The molecule has 2 aliphatic heterocycles. The molecule has 1 aliphatic carbocycles. The van der Waals surface area contributed by atoms with Crippen LogP contribution in [-0.4, -0.2) is 56.7 Å². The first kappa shape index (κ1) is 23.2. The number of aromatic nitrogens is 2. The summed E-state index contributed by atoms with van der Waals surface area (Å²) in [4.78, 5) is 42.2. The van der Waals surface area contributed by atoms with Crippen LogP contribution in [0.2, 0.25) is 0 Å². The second-order valence-electron chi connectivity index (χ2n) is 9.79. The SMILES string of the molecule is C[C@@H]1COc2ccc(F)cc2CN1C(=O)CN1C(=O)O[C@]2(CCc3cc(-c4cnn(C)c4)ccc32)C1=O. The smallest absolute Gasteiger partial charge is 0.418 e. The fourth-order valence-corrected chi connectivity index (χ4v) is 5.42. The molecule has 37 heavy (non-hydrogen) atoms. The minimum Gasteiger partial charge on any atom is -0.491 e. The number of carbonyl (C=O) groups is 3. The Kier molecular flexibility index (Phi) is 5.29. The molecule has 0 bridgehead atoms. The van der Waals surface area contributed by atoms with E-state index in [0.29, 0.717) is 29.7 Å². The summed E-state index contributed by atoms with van der Waals surface area (Å²) in [6.07, 6.45) is 3.71. The quantitative estimate of drug-likeness (QED) is 0.544. The normalized spacial score (nSPS) is 22.5. The first-order valence-corrected chi connectivity index (χ1v) is 12.1. The van der Waals surface area contributed by atoms with Crippen LogP contribution in [0.15, 0.2) is 48.8 Å². The van der Waals surface area contributed by atoms with Crippen LogP contribution < -0.4 is 4.74 Å². The third kappa shape index (κ3) is 3.75. The third-order valence-electron chi connectivity index (χ3n) is 7.39. The van der Waals surface area contributed by atoms with E-state index in [2.05, 4.69) is 5.10 Å². The van der Waals surface area contributed by atoms with Gasteiger partial charge in [0, 0.05) is 42.9 Å². The number of rotatable bonds is 3. The van der Waals surface area contributed by atoms with Crippen molar-refractivity contribution in [1.29, 1.82) is 0 Å². The zero-order valence-electron chi connectivity index (χ0n) is 20.4. The molecule has 3 amide bonds. The first-order chi connectivity index (χ1) is 17.7. The number of hydrogen-bond acceptors (Lipinski definition) is 6. The summed E-state index contributed by atoms with van der Waals surface area (Å²) in [7, 11) is 1.84. The number of imide groups is 1. The highest BCUT2D eigenvalue weighted by Crippen LogP contribution is 2.46. The minimum absolute atomic E-state index is 0.106. The van der Waals surface area contributed by atoms with Gasteiger partial charge < -0.3 is 14.4 Å². The standard InChI is InChI=1S/C27H25FN4O5/c1-16-15-36-23-6-4-21(28)10-19(23)13-31(16)24(33)14-32-25(34)27(37-26(32)35)8-7-18-9-17(3-5-22(18)27)20-11-29-30(2)12-20/h3-6,9-12,16H,7-8,13-15H2,1-2H3/t16-,27+/m1/s1. The van der Waals surface area contributed by atoms with Gasteiger partial charge in [-0.25, -0.2) is 14.1 Å². The van der Waals surface area contributed by atoms with E-state index in [-0.39, 0.29) is 19.2 Å². The van der Waals surface area contributed by atoms with Gasteiger partial charge in [0.2, 0.25) is 11.5 Å². The van der Waals surface area contributed by atoms with Crippen LogP contribution in [0.3, 0.4) is 0 Å². The van der Waals surface area contributed by atoms with Crippen molar-refractivity contribution < 1.29 is 28.2 Å². The summed E-state index contributed by atoms with van der Waals surface area (Å²) < 4.78 is 27.0. The molecule has 1 spiro atoms. The van der Waals surface area contributed by atoms with Gasteiger partial charge in [-0.2, -0.15) is 5.10 Å². The fourth-order valence-electron chi connectivity index (χ4n) is 5.42. The Labute approximate surface area is 212 Å². The number of ether oxygens (including phenoxy) is 2. The molecule has 9 nitrogen and oxygen atoms in total. The maximum absolute atomic E-state index is 13.8. The molecular formula is C27H25FN4O5. The van der Waals surface area contributed by atoms with Gasteiger partial charge in [-0.3, -0.25) is 14.3 Å². The Hall–Kier alpha value is -4.21. The molecule has 10 heteroatoms. The predicted molar refractivity (Wildman–Crippen MR) is 129 cm³/mol. The van der Waals surface area contributed by atoms with E-state index in [1.165, 1.54) is 23.1 Å². The lowest BCUT2D eigenvalue weighted by molar-refractivity contribution is -0.143. The van der Waals surface area contributed by atoms with E-state index in [4.69, 9.17) is 9.47 Å². The number of nitrogens with zero attached hydrogens (tertiary/aromatic N) is 4. The third-order valence-corrected chi connectivity index (χ3v) is 7.39. The molecular weight excluding hydrogens is 479 g/mol. The molecule has 2 aromatic carbocycles. The highest BCUT2D eigenvalue weighted by Gasteiger charge is 2.58. The molecule has 0 radical (unpaired) electrons. The number of fused-ring (bicyclic) bond motifs is 3. The van der Waals surface area contributed by atoms with E-state index >= 15 is 0 Å². The van der Waals surface area contributed by atoms with Crippen molar-refractivity contribution >= 4 is 17.9 Å². The number of amides is 3.